The summed E-state index contributed by atoms with van der Waals surface area (Å²) in [4.78, 5) is 16.7. The fourth-order valence-electron chi connectivity index (χ4n) is 2.38. The standard InChI is InChI=1S/C14H16N2O2/c1-18-14(17)13-9-16(13)7-6-10-8-15-12-5-3-2-4-11(10)12/h2-5,8,13,15H,6-7,9H2,1H3. The van der Waals surface area contributed by atoms with Gasteiger partial charge in [-0.25, -0.2) is 0 Å². The van der Waals surface area contributed by atoms with Gasteiger partial charge in [0.2, 0.25) is 0 Å². The third-order valence-electron chi connectivity index (χ3n) is 3.53. The van der Waals surface area contributed by atoms with Gasteiger partial charge in [0.05, 0.1) is 7.11 Å². The van der Waals surface area contributed by atoms with Crippen LogP contribution in [0.25, 0.3) is 10.9 Å². The van der Waals surface area contributed by atoms with Gasteiger partial charge in [-0.2, -0.15) is 0 Å². The molecule has 2 aromatic rings. The molecule has 1 aliphatic rings. The Labute approximate surface area is 106 Å². The summed E-state index contributed by atoms with van der Waals surface area (Å²) in [5.41, 5.74) is 2.48. The van der Waals surface area contributed by atoms with Gasteiger partial charge in [-0.05, 0) is 18.1 Å². The molecule has 0 radical (unpaired) electrons. The van der Waals surface area contributed by atoms with Crippen LogP contribution in [0.2, 0.25) is 0 Å². The van der Waals surface area contributed by atoms with Crippen LogP contribution in [0.5, 0.6) is 0 Å². The zero-order valence-corrected chi connectivity index (χ0v) is 10.3. The van der Waals surface area contributed by atoms with E-state index in [9.17, 15) is 4.79 Å². The smallest absolute Gasteiger partial charge is 0.324 e. The van der Waals surface area contributed by atoms with Crippen molar-refractivity contribution in [3.8, 4) is 0 Å². The van der Waals surface area contributed by atoms with Crippen molar-refractivity contribution >= 4 is 16.9 Å². The third kappa shape index (κ3) is 1.99. The van der Waals surface area contributed by atoms with E-state index in [0.29, 0.717) is 0 Å². The van der Waals surface area contributed by atoms with Gasteiger partial charge in [0.25, 0.3) is 0 Å². The lowest BCUT2D eigenvalue weighted by Crippen LogP contribution is -2.16. The Balaban J connectivity index is 1.63. The summed E-state index contributed by atoms with van der Waals surface area (Å²) in [6.45, 7) is 1.73. The number of esters is 1. The summed E-state index contributed by atoms with van der Waals surface area (Å²) in [6, 6.07) is 8.27. The number of aromatic amines is 1. The second kappa shape index (κ2) is 4.46. The van der Waals surface area contributed by atoms with E-state index in [1.807, 2.05) is 12.1 Å². The average molecular weight is 244 g/mol. The first kappa shape index (κ1) is 11.3. The van der Waals surface area contributed by atoms with E-state index >= 15 is 0 Å². The van der Waals surface area contributed by atoms with Crippen molar-refractivity contribution in [2.75, 3.05) is 20.2 Å². The summed E-state index contributed by atoms with van der Waals surface area (Å²) in [6.07, 6.45) is 3.01. The summed E-state index contributed by atoms with van der Waals surface area (Å²) in [5, 5.41) is 1.27. The van der Waals surface area contributed by atoms with Crippen LogP contribution in [0, 0.1) is 0 Å². The van der Waals surface area contributed by atoms with Crippen LogP contribution >= 0.6 is 0 Å². The van der Waals surface area contributed by atoms with E-state index in [1.54, 1.807) is 0 Å². The maximum absolute atomic E-state index is 11.3. The molecular formula is C14H16N2O2. The Morgan fingerprint density at radius 3 is 3.17 bits per heavy atom. The number of ether oxygens (including phenoxy) is 1. The molecule has 94 valence electrons. The van der Waals surface area contributed by atoms with Gasteiger partial charge in [0.1, 0.15) is 6.04 Å². The molecule has 3 rings (SSSR count). The topological polar surface area (TPSA) is 45.1 Å². The monoisotopic (exact) mass is 244 g/mol. The molecule has 0 spiro atoms. The van der Waals surface area contributed by atoms with E-state index in [1.165, 1.54) is 23.6 Å². The van der Waals surface area contributed by atoms with E-state index < -0.39 is 0 Å². The number of carbonyl (C=O) groups is 1. The predicted octanol–water partition coefficient (Wildman–Crippen LogP) is 1.57. The summed E-state index contributed by atoms with van der Waals surface area (Å²) in [5.74, 6) is -0.117. The molecule has 1 aliphatic heterocycles. The average Bonchev–Trinajstić information content (AvgIpc) is 3.08. The highest BCUT2D eigenvalue weighted by molar-refractivity contribution is 5.83. The number of aromatic nitrogens is 1. The zero-order valence-electron chi connectivity index (χ0n) is 10.3. The Morgan fingerprint density at radius 2 is 2.33 bits per heavy atom. The number of nitrogens with one attached hydrogen (secondary N) is 1. The first-order valence-corrected chi connectivity index (χ1v) is 6.16. The number of para-hydroxylation sites is 1. The first-order chi connectivity index (χ1) is 8.79. The molecule has 0 aliphatic carbocycles. The zero-order chi connectivity index (χ0) is 12.5. The SMILES string of the molecule is COC(=O)C1CN1CCc1c[nH]c2ccccc12. The fourth-order valence-corrected chi connectivity index (χ4v) is 2.38. The predicted molar refractivity (Wildman–Crippen MR) is 69.4 cm³/mol. The molecule has 2 heterocycles. The molecule has 0 amide bonds. The Kier molecular flexibility index (Phi) is 2.80. The van der Waals surface area contributed by atoms with Crippen LogP contribution in [0.4, 0.5) is 0 Å². The molecule has 18 heavy (non-hydrogen) atoms. The van der Waals surface area contributed by atoms with Crippen molar-refractivity contribution in [2.24, 2.45) is 0 Å². The minimum absolute atomic E-state index is 0.0137. The molecule has 4 nitrogen and oxygen atoms in total. The second-order valence-electron chi connectivity index (χ2n) is 4.64. The number of fused-ring (bicyclic) bond motifs is 1. The van der Waals surface area contributed by atoms with Gasteiger partial charge in [0.15, 0.2) is 0 Å². The van der Waals surface area contributed by atoms with Crippen molar-refractivity contribution in [1.82, 2.24) is 9.88 Å². The van der Waals surface area contributed by atoms with Crippen molar-refractivity contribution in [3.05, 3.63) is 36.0 Å². The van der Waals surface area contributed by atoms with Gasteiger partial charge < -0.3 is 9.72 Å². The highest BCUT2D eigenvalue weighted by Crippen LogP contribution is 2.22. The number of H-pyrrole nitrogens is 1. The van der Waals surface area contributed by atoms with Gasteiger partial charge in [0, 0.05) is 30.2 Å². The van der Waals surface area contributed by atoms with Crippen LogP contribution in [0.3, 0.4) is 0 Å². The quantitative estimate of drug-likeness (QED) is 0.656. The second-order valence-corrected chi connectivity index (χ2v) is 4.64. The van der Waals surface area contributed by atoms with Gasteiger partial charge in [-0.3, -0.25) is 9.69 Å². The van der Waals surface area contributed by atoms with Crippen molar-refractivity contribution < 1.29 is 9.53 Å². The molecule has 1 aromatic heterocycles. The Morgan fingerprint density at radius 1 is 1.50 bits per heavy atom. The summed E-state index contributed by atoms with van der Waals surface area (Å²) in [7, 11) is 1.44. The molecule has 1 saturated heterocycles. The number of methoxy groups -OCH3 is 1. The minimum atomic E-state index is -0.117. The van der Waals surface area contributed by atoms with Gasteiger partial charge in [-0.1, -0.05) is 18.2 Å². The third-order valence-corrected chi connectivity index (χ3v) is 3.53. The summed E-state index contributed by atoms with van der Waals surface area (Å²) < 4.78 is 4.72. The van der Waals surface area contributed by atoms with Crippen LogP contribution < -0.4 is 0 Å². The van der Waals surface area contributed by atoms with Crippen LogP contribution in [0.1, 0.15) is 5.56 Å². The summed E-state index contributed by atoms with van der Waals surface area (Å²) >= 11 is 0. The number of hydrogen-bond acceptors (Lipinski definition) is 3. The maximum Gasteiger partial charge on any atom is 0.324 e. The van der Waals surface area contributed by atoms with Crippen LogP contribution in [-0.2, 0) is 16.0 Å². The molecule has 0 saturated carbocycles. The molecule has 1 N–H and O–H groups in total. The lowest BCUT2D eigenvalue weighted by molar-refractivity contribution is -0.140. The highest BCUT2D eigenvalue weighted by Gasteiger charge is 2.40. The Bertz CT molecular complexity index is 576. The van der Waals surface area contributed by atoms with E-state index in [0.717, 1.165) is 19.5 Å². The number of hydrogen-bond donors (Lipinski definition) is 1. The largest absolute Gasteiger partial charge is 0.468 e. The van der Waals surface area contributed by atoms with Crippen molar-refractivity contribution in [1.29, 1.82) is 0 Å². The van der Waals surface area contributed by atoms with E-state index in [-0.39, 0.29) is 12.0 Å². The molecule has 2 unspecified atom stereocenters. The van der Waals surface area contributed by atoms with Crippen molar-refractivity contribution in [3.63, 3.8) is 0 Å². The number of carbonyl (C=O) groups excluding carboxylic acids is 1. The molecule has 1 fully saturated rings. The molecule has 0 bridgehead atoms. The molecule has 2 atom stereocenters. The number of rotatable bonds is 4. The molecule has 4 heteroatoms. The Hall–Kier alpha value is -1.81. The normalized spacial score (nSPS) is 22.1. The maximum atomic E-state index is 11.3. The lowest BCUT2D eigenvalue weighted by atomic mass is 10.1. The number of benzene rings is 1. The van der Waals surface area contributed by atoms with Crippen LogP contribution in [-0.4, -0.2) is 42.1 Å². The lowest BCUT2D eigenvalue weighted by Gasteiger charge is -2.02. The number of nitrogens with zero attached hydrogens (tertiary/aromatic N) is 1. The van der Waals surface area contributed by atoms with Gasteiger partial charge >= 0.3 is 5.97 Å². The fraction of sp³-hybridized carbons (Fsp3) is 0.357. The van der Waals surface area contributed by atoms with E-state index in [4.69, 9.17) is 4.74 Å². The minimum Gasteiger partial charge on any atom is -0.468 e. The van der Waals surface area contributed by atoms with Crippen molar-refractivity contribution in [2.45, 2.75) is 12.5 Å². The van der Waals surface area contributed by atoms with Crippen LogP contribution in [0.15, 0.2) is 30.5 Å². The van der Waals surface area contributed by atoms with Gasteiger partial charge in [-0.15, -0.1) is 0 Å². The first-order valence-electron chi connectivity index (χ1n) is 6.16. The molecule has 1 aromatic carbocycles. The van der Waals surface area contributed by atoms with E-state index in [2.05, 4.69) is 28.2 Å². The highest BCUT2D eigenvalue weighted by atomic mass is 16.5. The molecular weight excluding hydrogens is 228 g/mol.